The van der Waals surface area contributed by atoms with Gasteiger partial charge >= 0.3 is 0 Å². The summed E-state index contributed by atoms with van der Waals surface area (Å²) in [6.45, 7) is 1.93. The van der Waals surface area contributed by atoms with Gasteiger partial charge in [0.25, 0.3) is 10.0 Å². The summed E-state index contributed by atoms with van der Waals surface area (Å²) in [6.07, 6.45) is 3.30. The van der Waals surface area contributed by atoms with Crippen molar-refractivity contribution >= 4 is 10.0 Å². The largest absolute Gasteiger partial charge is 0.381 e. The van der Waals surface area contributed by atoms with E-state index >= 15 is 0 Å². The van der Waals surface area contributed by atoms with Gasteiger partial charge in [0.05, 0.1) is 6.04 Å². The molecule has 1 aromatic heterocycles. The highest BCUT2D eigenvalue weighted by Gasteiger charge is 2.58. The number of sulfonamides is 1. The third kappa shape index (κ3) is 2.46. The van der Waals surface area contributed by atoms with Crippen molar-refractivity contribution in [1.82, 2.24) is 9.29 Å². The topological polar surface area (TPSA) is 59.5 Å². The second-order valence-corrected chi connectivity index (χ2v) is 8.34. The summed E-state index contributed by atoms with van der Waals surface area (Å²) >= 11 is 0. The van der Waals surface area contributed by atoms with Gasteiger partial charge in [-0.25, -0.2) is 13.4 Å². The third-order valence-electron chi connectivity index (χ3n) is 5.15. The minimum atomic E-state index is -3.59. The summed E-state index contributed by atoms with van der Waals surface area (Å²) in [5, 5.41) is 0.118. The van der Waals surface area contributed by atoms with Crippen molar-refractivity contribution in [2.75, 3.05) is 19.8 Å². The van der Waals surface area contributed by atoms with E-state index in [1.54, 1.807) is 22.5 Å². The molecule has 0 unspecified atom stereocenters. The number of pyridine rings is 1. The zero-order valence-electron chi connectivity index (χ0n) is 13.3. The van der Waals surface area contributed by atoms with Gasteiger partial charge in [-0.15, -0.1) is 0 Å². The Hall–Kier alpha value is -1.76. The summed E-state index contributed by atoms with van der Waals surface area (Å²) in [5.74, 6) is 0. The van der Waals surface area contributed by atoms with E-state index in [1.807, 2.05) is 30.3 Å². The Balaban J connectivity index is 1.74. The monoisotopic (exact) mass is 344 g/mol. The van der Waals surface area contributed by atoms with Crippen molar-refractivity contribution in [3.63, 3.8) is 0 Å². The standard InChI is InChI=1S/C18H20N2O3S/c21-24(22,16-8-4-5-11-19-16)20-14-18(9-12-23-13-10-18)17(20)15-6-2-1-3-7-15/h1-8,11,17H,9-10,12-14H2/t17-/m0/s1. The van der Waals surface area contributed by atoms with E-state index < -0.39 is 10.0 Å². The highest BCUT2D eigenvalue weighted by molar-refractivity contribution is 7.89. The van der Waals surface area contributed by atoms with Crippen molar-refractivity contribution in [3.8, 4) is 0 Å². The molecule has 6 heteroatoms. The van der Waals surface area contributed by atoms with Crippen LogP contribution in [-0.2, 0) is 14.8 Å². The molecule has 24 heavy (non-hydrogen) atoms. The normalized spacial score (nSPS) is 23.8. The molecule has 1 atom stereocenters. The predicted octanol–water partition coefficient (Wildman–Crippen LogP) is 2.62. The average Bonchev–Trinajstić information content (AvgIpc) is 2.62. The average molecular weight is 344 g/mol. The van der Waals surface area contributed by atoms with Crippen LogP contribution in [0.4, 0.5) is 0 Å². The Morgan fingerprint density at radius 3 is 2.42 bits per heavy atom. The summed E-state index contributed by atoms with van der Waals surface area (Å²) in [4.78, 5) is 4.06. The van der Waals surface area contributed by atoms with Gasteiger partial charge in [-0.3, -0.25) is 0 Å². The molecule has 0 radical (unpaired) electrons. The molecule has 126 valence electrons. The molecule has 1 spiro atoms. The lowest BCUT2D eigenvalue weighted by Crippen LogP contribution is -2.62. The molecule has 0 N–H and O–H groups in total. The van der Waals surface area contributed by atoms with Gasteiger partial charge in [0.2, 0.25) is 0 Å². The van der Waals surface area contributed by atoms with Gasteiger partial charge in [0.1, 0.15) is 0 Å². The molecule has 0 amide bonds. The van der Waals surface area contributed by atoms with Crippen LogP contribution in [0.3, 0.4) is 0 Å². The molecular weight excluding hydrogens is 324 g/mol. The van der Waals surface area contributed by atoms with Crippen molar-refractivity contribution < 1.29 is 13.2 Å². The summed E-state index contributed by atoms with van der Waals surface area (Å²) in [7, 11) is -3.59. The Morgan fingerprint density at radius 1 is 1.04 bits per heavy atom. The Bertz CT molecular complexity index is 803. The van der Waals surface area contributed by atoms with Crippen molar-refractivity contribution in [2.24, 2.45) is 5.41 Å². The van der Waals surface area contributed by atoms with E-state index in [0.717, 1.165) is 18.4 Å². The summed E-state index contributed by atoms with van der Waals surface area (Å²) < 4.78 is 33.2. The molecule has 1 aromatic carbocycles. The maximum absolute atomic E-state index is 13.1. The van der Waals surface area contributed by atoms with Crippen LogP contribution in [-0.4, -0.2) is 37.5 Å². The lowest BCUT2D eigenvalue weighted by Gasteiger charge is -2.58. The van der Waals surface area contributed by atoms with Crippen molar-refractivity contribution in [2.45, 2.75) is 23.9 Å². The van der Waals surface area contributed by atoms with E-state index in [4.69, 9.17) is 4.74 Å². The van der Waals surface area contributed by atoms with Crippen molar-refractivity contribution in [3.05, 3.63) is 60.3 Å². The SMILES string of the molecule is O=S(=O)(c1ccccn1)N1CC2(CCOCC2)[C@@H]1c1ccccc1. The molecule has 3 heterocycles. The Morgan fingerprint density at radius 2 is 1.75 bits per heavy atom. The van der Waals surface area contributed by atoms with Crippen LogP contribution in [0.2, 0.25) is 0 Å². The van der Waals surface area contributed by atoms with E-state index in [0.29, 0.717) is 19.8 Å². The number of hydrogen-bond acceptors (Lipinski definition) is 4. The third-order valence-corrected chi connectivity index (χ3v) is 6.88. The number of nitrogens with zero attached hydrogens (tertiary/aromatic N) is 2. The molecular formula is C18H20N2O3S. The highest BCUT2D eigenvalue weighted by atomic mass is 32.2. The minimum Gasteiger partial charge on any atom is -0.381 e. The molecule has 2 fully saturated rings. The van der Waals surface area contributed by atoms with E-state index in [1.165, 1.54) is 6.20 Å². The zero-order valence-corrected chi connectivity index (χ0v) is 14.2. The van der Waals surface area contributed by atoms with Crippen LogP contribution in [0.25, 0.3) is 0 Å². The van der Waals surface area contributed by atoms with Gasteiger partial charge in [-0.2, -0.15) is 4.31 Å². The molecule has 0 bridgehead atoms. The first kappa shape index (κ1) is 15.7. The molecule has 5 nitrogen and oxygen atoms in total. The van der Waals surface area contributed by atoms with Crippen LogP contribution >= 0.6 is 0 Å². The molecule has 4 rings (SSSR count). The van der Waals surface area contributed by atoms with Crippen LogP contribution in [0, 0.1) is 5.41 Å². The molecule has 2 saturated heterocycles. The Labute approximate surface area is 142 Å². The van der Waals surface area contributed by atoms with Crippen LogP contribution in [0.1, 0.15) is 24.4 Å². The Kier molecular flexibility index (Phi) is 3.90. The molecule has 2 aromatic rings. The number of hydrogen-bond donors (Lipinski definition) is 0. The molecule has 2 aliphatic heterocycles. The summed E-state index contributed by atoms with van der Waals surface area (Å²) in [5.41, 5.74) is 1.02. The first-order valence-electron chi connectivity index (χ1n) is 8.19. The summed E-state index contributed by atoms with van der Waals surface area (Å²) in [6, 6.07) is 14.8. The fourth-order valence-electron chi connectivity index (χ4n) is 3.89. The van der Waals surface area contributed by atoms with Gasteiger partial charge in [0, 0.05) is 31.4 Å². The number of ether oxygens (including phenoxy) is 1. The highest BCUT2D eigenvalue weighted by Crippen LogP contribution is 2.56. The first-order valence-corrected chi connectivity index (χ1v) is 9.63. The van der Waals surface area contributed by atoms with Crippen LogP contribution in [0.15, 0.2) is 59.8 Å². The zero-order chi connectivity index (χ0) is 16.6. The second-order valence-electron chi connectivity index (χ2n) is 6.51. The fourth-order valence-corrected chi connectivity index (χ4v) is 5.62. The minimum absolute atomic E-state index is 0.0263. The number of aromatic nitrogens is 1. The van der Waals surface area contributed by atoms with E-state index in [2.05, 4.69) is 4.98 Å². The second kappa shape index (κ2) is 5.95. The first-order chi connectivity index (χ1) is 11.6. The molecule has 0 saturated carbocycles. The molecule has 2 aliphatic rings. The maximum atomic E-state index is 13.1. The number of benzene rings is 1. The fraction of sp³-hybridized carbons (Fsp3) is 0.389. The predicted molar refractivity (Wildman–Crippen MR) is 89.8 cm³/mol. The number of rotatable bonds is 3. The van der Waals surface area contributed by atoms with Crippen molar-refractivity contribution in [1.29, 1.82) is 0 Å². The van der Waals surface area contributed by atoms with Crippen LogP contribution < -0.4 is 0 Å². The van der Waals surface area contributed by atoms with Gasteiger partial charge in [0.15, 0.2) is 5.03 Å². The lowest BCUT2D eigenvalue weighted by molar-refractivity contribution is -0.0953. The van der Waals surface area contributed by atoms with E-state index in [9.17, 15) is 8.42 Å². The van der Waals surface area contributed by atoms with Crippen LogP contribution in [0.5, 0.6) is 0 Å². The molecule has 0 aliphatic carbocycles. The van der Waals surface area contributed by atoms with Gasteiger partial charge < -0.3 is 4.74 Å². The quantitative estimate of drug-likeness (QED) is 0.859. The van der Waals surface area contributed by atoms with Gasteiger partial charge in [-0.05, 0) is 30.5 Å². The smallest absolute Gasteiger partial charge is 0.261 e. The lowest BCUT2D eigenvalue weighted by atomic mass is 9.65. The maximum Gasteiger partial charge on any atom is 0.261 e. The van der Waals surface area contributed by atoms with Gasteiger partial charge in [-0.1, -0.05) is 36.4 Å². The van der Waals surface area contributed by atoms with E-state index in [-0.39, 0.29) is 16.5 Å².